The van der Waals surface area contributed by atoms with Crippen molar-refractivity contribution in [1.82, 2.24) is 0 Å². The number of ether oxygens (including phenoxy) is 1. The Morgan fingerprint density at radius 3 is 2.74 bits per heavy atom. The summed E-state index contributed by atoms with van der Waals surface area (Å²) in [6, 6.07) is 8.82. The van der Waals surface area contributed by atoms with Gasteiger partial charge in [0.2, 0.25) is 0 Å². The monoisotopic (exact) mass is 292 g/mol. The second-order valence-corrected chi connectivity index (χ2v) is 5.07. The van der Waals surface area contributed by atoms with Crippen molar-refractivity contribution >= 4 is 40.1 Å². The van der Waals surface area contributed by atoms with Crippen LogP contribution in [0.5, 0.6) is 5.75 Å². The van der Waals surface area contributed by atoms with Gasteiger partial charge in [-0.3, -0.25) is 4.79 Å². The van der Waals surface area contributed by atoms with Crippen molar-refractivity contribution in [1.29, 1.82) is 0 Å². The van der Waals surface area contributed by atoms with Crippen LogP contribution in [0.3, 0.4) is 0 Å². The smallest absolute Gasteiger partial charge is 0.265 e. The van der Waals surface area contributed by atoms with E-state index in [0.29, 0.717) is 21.9 Å². The lowest BCUT2D eigenvalue weighted by atomic mass is 10.1. The summed E-state index contributed by atoms with van der Waals surface area (Å²) in [5.74, 6) is 0.312. The summed E-state index contributed by atoms with van der Waals surface area (Å²) in [4.78, 5) is 12.9. The van der Waals surface area contributed by atoms with Crippen molar-refractivity contribution in [2.75, 3.05) is 12.4 Å². The molecule has 1 amide bonds. The number of carbonyl (C=O) groups is 1. The van der Waals surface area contributed by atoms with Crippen molar-refractivity contribution in [2.24, 2.45) is 5.73 Å². The van der Waals surface area contributed by atoms with E-state index in [4.69, 9.17) is 22.7 Å². The molecular formula is C13H12N2O2S2. The van der Waals surface area contributed by atoms with E-state index in [1.54, 1.807) is 24.3 Å². The van der Waals surface area contributed by atoms with Crippen LogP contribution in [-0.2, 0) is 0 Å². The van der Waals surface area contributed by atoms with E-state index in [-0.39, 0.29) is 10.9 Å². The maximum Gasteiger partial charge on any atom is 0.265 e. The first kappa shape index (κ1) is 13.5. The summed E-state index contributed by atoms with van der Waals surface area (Å²) < 4.78 is 5.23. The minimum absolute atomic E-state index is 0.209. The lowest BCUT2D eigenvalue weighted by Gasteiger charge is -2.13. The molecule has 19 heavy (non-hydrogen) atoms. The van der Waals surface area contributed by atoms with E-state index in [0.717, 1.165) is 0 Å². The van der Waals surface area contributed by atoms with Gasteiger partial charge >= 0.3 is 0 Å². The van der Waals surface area contributed by atoms with Gasteiger partial charge in [0.15, 0.2) is 0 Å². The zero-order valence-electron chi connectivity index (χ0n) is 10.2. The largest absolute Gasteiger partial charge is 0.495 e. The molecule has 1 heterocycles. The molecule has 0 aliphatic heterocycles. The molecular weight excluding hydrogens is 280 g/mol. The zero-order chi connectivity index (χ0) is 13.8. The Balaban J connectivity index is 2.38. The Labute approximate surface area is 120 Å². The second-order valence-electron chi connectivity index (χ2n) is 3.68. The minimum Gasteiger partial charge on any atom is -0.495 e. The van der Waals surface area contributed by atoms with Crippen LogP contribution in [-0.4, -0.2) is 18.0 Å². The fraction of sp³-hybridized carbons (Fsp3) is 0.0769. The molecule has 1 aromatic heterocycles. The third-order valence-corrected chi connectivity index (χ3v) is 3.58. The van der Waals surface area contributed by atoms with Gasteiger partial charge in [-0.1, -0.05) is 24.4 Å². The van der Waals surface area contributed by atoms with Crippen LogP contribution >= 0.6 is 23.6 Å². The van der Waals surface area contributed by atoms with E-state index >= 15 is 0 Å². The van der Waals surface area contributed by atoms with Crippen LogP contribution < -0.4 is 15.8 Å². The molecule has 0 saturated carbocycles. The first-order valence-electron chi connectivity index (χ1n) is 5.45. The van der Waals surface area contributed by atoms with Crippen LogP contribution in [0, 0.1) is 0 Å². The maximum absolute atomic E-state index is 12.1. The highest BCUT2D eigenvalue weighted by molar-refractivity contribution is 7.80. The highest BCUT2D eigenvalue weighted by Gasteiger charge is 2.15. The number of para-hydroxylation sites is 1. The fourth-order valence-electron chi connectivity index (χ4n) is 1.62. The van der Waals surface area contributed by atoms with Gasteiger partial charge in [-0.25, -0.2) is 0 Å². The Hall–Kier alpha value is -1.92. The van der Waals surface area contributed by atoms with Crippen LogP contribution in [0.2, 0.25) is 0 Å². The maximum atomic E-state index is 12.1. The molecule has 0 unspecified atom stereocenters. The van der Waals surface area contributed by atoms with E-state index in [1.165, 1.54) is 18.4 Å². The number of benzene rings is 1. The van der Waals surface area contributed by atoms with Crippen molar-refractivity contribution in [3.8, 4) is 5.75 Å². The molecule has 0 fully saturated rings. The lowest BCUT2D eigenvalue weighted by molar-refractivity contribution is 0.103. The van der Waals surface area contributed by atoms with Crippen LogP contribution in [0.15, 0.2) is 35.7 Å². The van der Waals surface area contributed by atoms with Gasteiger partial charge in [-0.05, 0) is 23.6 Å². The van der Waals surface area contributed by atoms with E-state index < -0.39 is 0 Å². The summed E-state index contributed by atoms with van der Waals surface area (Å²) in [5.41, 5.74) is 6.74. The number of amides is 1. The summed E-state index contributed by atoms with van der Waals surface area (Å²) >= 11 is 6.34. The van der Waals surface area contributed by atoms with E-state index in [9.17, 15) is 4.79 Å². The number of hydrogen-bond donors (Lipinski definition) is 2. The number of anilines is 1. The Kier molecular flexibility index (Phi) is 4.13. The molecule has 0 saturated heterocycles. The predicted octanol–water partition coefficient (Wildman–Crippen LogP) is 2.64. The number of thiophene rings is 1. The fourth-order valence-corrected chi connectivity index (χ4v) is 2.41. The molecule has 0 aliphatic carbocycles. The first-order valence-corrected chi connectivity index (χ1v) is 6.74. The number of nitrogens with two attached hydrogens (primary N) is 1. The van der Waals surface area contributed by atoms with Gasteiger partial charge in [0, 0.05) is 5.56 Å². The minimum atomic E-state index is -0.211. The zero-order valence-corrected chi connectivity index (χ0v) is 11.8. The number of hydrogen-bond acceptors (Lipinski definition) is 4. The van der Waals surface area contributed by atoms with Crippen molar-refractivity contribution in [3.05, 3.63) is 46.2 Å². The molecule has 0 aliphatic rings. The van der Waals surface area contributed by atoms with Gasteiger partial charge < -0.3 is 15.8 Å². The SMILES string of the molecule is COc1cccc(C(N)=S)c1NC(=O)c1cccs1. The summed E-state index contributed by atoms with van der Waals surface area (Å²) in [7, 11) is 1.53. The number of rotatable bonds is 4. The Morgan fingerprint density at radius 2 is 2.16 bits per heavy atom. The molecule has 0 radical (unpaired) electrons. The van der Waals surface area contributed by atoms with Crippen LogP contribution in [0.25, 0.3) is 0 Å². The van der Waals surface area contributed by atoms with Gasteiger partial charge in [0.25, 0.3) is 5.91 Å². The summed E-state index contributed by atoms with van der Waals surface area (Å²) in [6.07, 6.45) is 0. The van der Waals surface area contributed by atoms with Crippen molar-refractivity contribution < 1.29 is 9.53 Å². The molecule has 6 heteroatoms. The molecule has 4 nitrogen and oxygen atoms in total. The molecule has 0 atom stereocenters. The van der Waals surface area contributed by atoms with Gasteiger partial charge in [-0.2, -0.15) is 0 Å². The van der Waals surface area contributed by atoms with E-state index in [1.807, 2.05) is 11.4 Å². The standard InChI is InChI=1S/C13H12N2O2S2/c1-17-9-5-2-4-8(12(14)18)11(9)15-13(16)10-6-3-7-19-10/h2-7H,1H3,(H2,14,18)(H,15,16). The lowest BCUT2D eigenvalue weighted by Crippen LogP contribution is -2.17. The highest BCUT2D eigenvalue weighted by Crippen LogP contribution is 2.29. The van der Waals surface area contributed by atoms with Crippen molar-refractivity contribution in [2.45, 2.75) is 0 Å². The number of methoxy groups -OCH3 is 1. The van der Waals surface area contributed by atoms with Gasteiger partial charge in [0.05, 0.1) is 17.7 Å². The molecule has 3 N–H and O–H groups in total. The third kappa shape index (κ3) is 2.91. The Morgan fingerprint density at radius 1 is 1.37 bits per heavy atom. The van der Waals surface area contributed by atoms with Gasteiger partial charge in [-0.15, -0.1) is 11.3 Å². The predicted molar refractivity (Wildman–Crippen MR) is 81.2 cm³/mol. The molecule has 1 aromatic carbocycles. The molecule has 98 valence electrons. The molecule has 2 aromatic rings. The second kappa shape index (κ2) is 5.81. The first-order chi connectivity index (χ1) is 9.13. The average molecular weight is 292 g/mol. The summed E-state index contributed by atoms with van der Waals surface area (Å²) in [5, 5.41) is 4.63. The molecule has 0 spiro atoms. The quantitative estimate of drug-likeness (QED) is 0.850. The van der Waals surface area contributed by atoms with E-state index in [2.05, 4.69) is 5.32 Å². The Bertz CT molecular complexity index is 609. The van der Waals surface area contributed by atoms with Gasteiger partial charge in [0.1, 0.15) is 10.7 Å². The van der Waals surface area contributed by atoms with Crippen LogP contribution in [0.1, 0.15) is 15.2 Å². The topological polar surface area (TPSA) is 64.3 Å². The summed E-state index contributed by atoms with van der Waals surface area (Å²) in [6.45, 7) is 0. The van der Waals surface area contributed by atoms with Crippen molar-refractivity contribution in [3.63, 3.8) is 0 Å². The highest BCUT2D eigenvalue weighted by atomic mass is 32.1. The number of carbonyl (C=O) groups excluding carboxylic acids is 1. The third-order valence-electron chi connectivity index (χ3n) is 2.50. The average Bonchev–Trinajstić information content (AvgIpc) is 2.92. The molecule has 0 bridgehead atoms. The number of nitrogens with one attached hydrogen (secondary N) is 1. The van der Waals surface area contributed by atoms with Crippen LogP contribution in [0.4, 0.5) is 5.69 Å². The number of thiocarbonyl (C=S) groups is 1. The molecule has 2 rings (SSSR count). The normalized spacial score (nSPS) is 9.95.